The third kappa shape index (κ3) is 4.69. The molecule has 0 fully saturated rings. The Hall–Kier alpha value is -2.35. The van der Waals surface area contributed by atoms with Gasteiger partial charge in [0.1, 0.15) is 0 Å². The fourth-order valence-corrected chi connectivity index (χ4v) is 3.79. The summed E-state index contributed by atoms with van der Waals surface area (Å²) in [4.78, 5) is 0. The molecule has 0 radical (unpaired) electrons. The van der Waals surface area contributed by atoms with E-state index in [-0.39, 0.29) is 5.41 Å². The van der Waals surface area contributed by atoms with Crippen molar-refractivity contribution in [1.82, 2.24) is 20.4 Å². The van der Waals surface area contributed by atoms with Crippen LogP contribution in [0, 0.1) is 0 Å². The van der Waals surface area contributed by atoms with Crippen LogP contribution in [0.4, 0.5) is 0 Å². The summed E-state index contributed by atoms with van der Waals surface area (Å²) in [5.41, 5.74) is 2.84. The second-order valence-electron chi connectivity index (χ2n) is 7.61. The van der Waals surface area contributed by atoms with E-state index >= 15 is 0 Å². The fourth-order valence-electron chi connectivity index (χ4n) is 2.70. The predicted octanol–water partition coefficient (Wildman–Crippen LogP) is 6.68. The first-order chi connectivity index (χ1) is 14.3. The summed E-state index contributed by atoms with van der Waals surface area (Å²) in [5, 5.41) is 17.7. The van der Waals surface area contributed by atoms with Crippen LogP contribution in [0.25, 0.3) is 22.9 Å². The van der Waals surface area contributed by atoms with E-state index < -0.39 is 0 Å². The number of aromatic nitrogens is 4. The standard InChI is InChI=1S/C21H18Cl2N4O2S/c1-21(2,3)13-6-4-12(5-7-13)18-25-27-20(29-18)30-11-17-24-26-19(28-17)15-9-8-14(22)10-16(15)23/h4-10H,11H2,1-3H3. The van der Waals surface area contributed by atoms with Crippen LogP contribution in [0.5, 0.6) is 0 Å². The van der Waals surface area contributed by atoms with Gasteiger partial charge >= 0.3 is 0 Å². The Morgan fingerprint density at radius 2 is 1.60 bits per heavy atom. The third-order valence-electron chi connectivity index (χ3n) is 4.35. The van der Waals surface area contributed by atoms with Gasteiger partial charge in [0, 0.05) is 10.6 Å². The zero-order valence-electron chi connectivity index (χ0n) is 16.5. The Morgan fingerprint density at radius 1 is 0.867 bits per heavy atom. The van der Waals surface area contributed by atoms with Crippen LogP contribution in [0.1, 0.15) is 32.2 Å². The zero-order valence-corrected chi connectivity index (χ0v) is 18.8. The van der Waals surface area contributed by atoms with Crippen molar-refractivity contribution < 1.29 is 8.83 Å². The van der Waals surface area contributed by atoms with Gasteiger partial charge in [0.05, 0.1) is 16.3 Å². The minimum absolute atomic E-state index is 0.0908. The van der Waals surface area contributed by atoms with Crippen LogP contribution >= 0.6 is 35.0 Å². The van der Waals surface area contributed by atoms with Crippen molar-refractivity contribution in [3.05, 3.63) is 64.0 Å². The van der Waals surface area contributed by atoms with Crippen molar-refractivity contribution in [3.8, 4) is 22.9 Å². The molecule has 0 saturated heterocycles. The van der Waals surface area contributed by atoms with Crippen molar-refractivity contribution in [3.63, 3.8) is 0 Å². The highest BCUT2D eigenvalue weighted by molar-refractivity contribution is 7.98. The lowest BCUT2D eigenvalue weighted by Gasteiger charge is -2.18. The van der Waals surface area contributed by atoms with E-state index in [9.17, 15) is 0 Å². The molecule has 30 heavy (non-hydrogen) atoms. The number of rotatable bonds is 5. The number of hydrogen-bond acceptors (Lipinski definition) is 7. The van der Waals surface area contributed by atoms with E-state index in [1.165, 1.54) is 17.3 Å². The maximum Gasteiger partial charge on any atom is 0.277 e. The highest BCUT2D eigenvalue weighted by Crippen LogP contribution is 2.31. The molecule has 6 nitrogen and oxygen atoms in total. The van der Waals surface area contributed by atoms with Gasteiger partial charge in [-0.3, -0.25) is 0 Å². The Balaban J connectivity index is 1.42. The summed E-state index contributed by atoms with van der Waals surface area (Å²) >= 11 is 13.4. The first-order valence-electron chi connectivity index (χ1n) is 9.14. The van der Waals surface area contributed by atoms with Crippen LogP contribution in [-0.4, -0.2) is 20.4 Å². The van der Waals surface area contributed by atoms with E-state index in [1.54, 1.807) is 18.2 Å². The average Bonchev–Trinajstić information content (AvgIpc) is 3.35. The molecule has 0 spiro atoms. The van der Waals surface area contributed by atoms with Gasteiger partial charge in [-0.05, 0) is 41.3 Å². The Morgan fingerprint density at radius 3 is 2.30 bits per heavy atom. The average molecular weight is 461 g/mol. The van der Waals surface area contributed by atoms with Gasteiger partial charge in [0.15, 0.2) is 0 Å². The lowest BCUT2D eigenvalue weighted by molar-refractivity contribution is 0.464. The largest absolute Gasteiger partial charge is 0.420 e. The van der Waals surface area contributed by atoms with Crippen molar-refractivity contribution in [1.29, 1.82) is 0 Å². The number of nitrogens with zero attached hydrogens (tertiary/aromatic N) is 4. The van der Waals surface area contributed by atoms with Gasteiger partial charge in [-0.15, -0.1) is 20.4 Å². The molecule has 2 aromatic carbocycles. The molecule has 0 N–H and O–H groups in total. The molecule has 0 aliphatic rings. The normalized spacial score (nSPS) is 11.8. The minimum Gasteiger partial charge on any atom is -0.420 e. The van der Waals surface area contributed by atoms with Crippen molar-refractivity contribution >= 4 is 35.0 Å². The summed E-state index contributed by atoms with van der Waals surface area (Å²) in [6.07, 6.45) is 0. The molecule has 0 bridgehead atoms. The summed E-state index contributed by atoms with van der Waals surface area (Å²) < 4.78 is 11.4. The molecular weight excluding hydrogens is 443 g/mol. The van der Waals surface area contributed by atoms with Crippen molar-refractivity contribution in [2.75, 3.05) is 0 Å². The first kappa shape index (κ1) is 20.9. The van der Waals surface area contributed by atoms with Crippen LogP contribution < -0.4 is 0 Å². The monoisotopic (exact) mass is 460 g/mol. The van der Waals surface area contributed by atoms with Gasteiger partial charge in [-0.1, -0.05) is 67.9 Å². The number of benzene rings is 2. The molecule has 0 saturated carbocycles. The Kier molecular flexibility index (Phi) is 5.86. The van der Waals surface area contributed by atoms with Gasteiger partial charge < -0.3 is 8.83 Å². The van der Waals surface area contributed by atoms with Gasteiger partial charge in [0.2, 0.25) is 17.7 Å². The lowest BCUT2D eigenvalue weighted by Crippen LogP contribution is -2.10. The number of thioether (sulfide) groups is 1. The molecule has 0 unspecified atom stereocenters. The highest BCUT2D eigenvalue weighted by Gasteiger charge is 2.16. The van der Waals surface area contributed by atoms with Crippen molar-refractivity contribution in [2.24, 2.45) is 0 Å². The SMILES string of the molecule is CC(C)(C)c1ccc(-c2nnc(SCc3nnc(-c4ccc(Cl)cc4Cl)o3)o2)cc1. The second kappa shape index (κ2) is 8.41. The predicted molar refractivity (Wildman–Crippen MR) is 118 cm³/mol. The summed E-state index contributed by atoms with van der Waals surface area (Å²) in [5.74, 6) is 1.62. The molecule has 0 aliphatic heterocycles. The summed E-state index contributed by atoms with van der Waals surface area (Å²) in [7, 11) is 0. The maximum absolute atomic E-state index is 6.19. The van der Waals surface area contributed by atoms with Gasteiger partial charge in [-0.2, -0.15) is 0 Å². The topological polar surface area (TPSA) is 77.8 Å². The second-order valence-corrected chi connectivity index (χ2v) is 9.38. The molecule has 4 rings (SSSR count). The number of halogens is 2. The van der Waals surface area contributed by atoms with Gasteiger partial charge in [-0.25, -0.2) is 0 Å². The molecule has 0 aliphatic carbocycles. The molecular formula is C21H18Cl2N4O2S. The lowest BCUT2D eigenvalue weighted by atomic mass is 9.87. The highest BCUT2D eigenvalue weighted by atomic mass is 35.5. The minimum atomic E-state index is 0.0908. The smallest absolute Gasteiger partial charge is 0.277 e. The molecule has 2 aromatic heterocycles. The zero-order chi connectivity index (χ0) is 21.3. The summed E-state index contributed by atoms with van der Waals surface area (Å²) in [6.45, 7) is 6.52. The molecule has 9 heteroatoms. The van der Waals surface area contributed by atoms with E-state index in [4.69, 9.17) is 32.0 Å². The van der Waals surface area contributed by atoms with Crippen LogP contribution in [0.3, 0.4) is 0 Å². The summed E-state index contributed by atoms with van der Waals surface area (Å²) in [6, 6.07) is 13.2. The maximum atomic E-state index is 6.19. The van der Waals surface area contributed by atoms with E-state index in [0.717, 1.165) is 5.56 Å². The van der Waals surface area contributed by atoms with E-state index in [1.807, 2.05) is 12.1 Å². The first-order valence-corrected chi connectivity index (χ1v) is 10.9. The Bertz CT molecular complexity index is 1170. The molecule has 2 heterocycles. The van der Waals surface area contributed by atoms with Crippen LogP contribution in [0.15, 0.2) is 56.5 Å². The number of hydrogen-bond donors (Lipinski definition) is 0. The van der Waals surface area contributed by atoms with Gasteiger partial charge in [0.25, 0.3) is 5.22 Å². The van der Waals surface area contributed by atoms with Crippen molar-refractivity contribution in [2.45, 2.75) is 37.2 Å². The van der Waals surface area contributed by atoms with Crippen LogP contribution in [0.2, 0.25) is 10.0 Å². The molecule has 154 valence electrons. The molecule has 0 amide bonds. The van der Waals surface area contributed by atoms with E-state index in [2.05, 4.69) is 53.3 Å². The van der Waals surface area contributed by atoms with Crippen LogP contribution in [-0.2, 0) is 11.2 Å². The Labute approximate surface area is 188 Å². The fraction of sp³-hybridized carbons (Fsp3) is 0.238. The van der Waals surface area contributed by atoms with E-state index in [0.29, 0.717) is 44.3 Å². The quantitative estimate of drug-likeness (QED) is 0.307. The molecule has 0 atom stereocenters. The molecule has 4 aromatic rings. The third-order valence-corrected chi connectivity index (χ3v) is 5.70.